The number of benzene rings is 1. The van der Waals surface area contributed by atoms with Crippen LogP contribution in [0.1, 0.15) is 49.7 Å². The first-order valence-corrected chi connectivity index (χ1v) is 9.93. The molecule has 0 radical (unpaired) electrons. The van der Waals surface area contributed by atoms with Gasteiger partial charge in [-0.15, -0.1) is 0 Å². The normalized spacial score (nSPS) is 34.5. The number of aromatic hydroxyl groups is 1. The van der Waals surface area contributed by atoms with Gasteiger partial charge < -0.3 is 19.7 Å². The molecule has 2 fully saturated rings. The smallest absolute Gasteiger partial charge is 0.157 e. The maximum Gasteiger partial charge on any atom is 0.157 e. The molecule has 0 spiro atoms. The Hall–Kier alpha value is -1.10. The van der Waals surface area contributed by atoms with Gasteiger partial charge >= 0.3 is 0 Å². The molecule has 4 rings (SSSR count). The van der Waals surface area contributed by atoms with Gasteiger partial charge in [0, 0.05) is 13.2 Å². The lowest BCUT2D eigenvalue weighted by Crippen LogP contribution is -2.27. The lowest BCUT2D eigenvalue weighted by atomic mass is 9.73. The Morgan fingerprint density at radius 1 is 1.20 bits per heavy atom. The Balaban J connectivity index is 1.31. The van der Waals surface area contributed by atoms with E-state index in [9.17, 15) is 10.2 Å². The number of fused-ring (bicyclic) bond motifs is 2. The summed E-state index contributed by atoms with van der Waals surface area (Å²) in [6.45, 7) is 1.55. The molecule has 4 heteroatoms. The van der Waals surface area contributed by atoms with Crippen molar-refractivity contribution in [1.82, 2.24) is 0 Å². The number of phenols is 1. The molecule has 1 aromatic carbocycles. The highest BCUT2D eigenvalue weighted by Gasteiger charge is 2.44. The van der Waals surface area contributed by atoms with Gasteiger partial charge in [-0.25, -0.2) is 0 Å². The summed E-state index contributed by atoms with van der Waals surface area (Å²) in [5.41, 5.74) is 2.38. The summed E-state index contributed by atoms with van der Waals surface area (Å²) >= 11 is 0. The van der Waals surface area contributed by atoms with Crippen molar-refractivity contribution in [1.29, 1.82) is 0 Å². The van der Waals surface area contributed by atoms with Gasteiger partial charge in [0.2, 0.25) is 0 Å². The van der Waals surface area contributed by atoms with E-state index in [-0.39, 0.29) is 12.4 Å². The summed E-state index contributed by atoms with van der Waals surface area (Å²) in [6, 6.07) is 5.86. The first-order chi connectivity index (χ1) is 12.2. The van der Waals surface area contributed by atoms with E-state index in [2.05, 4.69) is 6.07 Å². The fraction of sp³-hybridized carbons (Fsp3) is 0.714. The highest BCUT2D eigenvalue weighted by atomic mass is 16.7. The fourth-order valence-electron chi connectivity index (χ4n) is 5.19. The lowest BCUT2D eigenvalue weighted by molar-refractivity contribution is -0.163. The van der Waals surface area contributed by atoms with Crippen molar-refractivity contribution in [2.24, 2.45) is 17.8 Å². The molecule has 1 heterocycles. The third-order valence-electron chi connectivity index (χ3n) is 6.49. The molecule has 3 unspecified atom stereocenters. The SMILES string of the molecule is Oc1cccc2c1CC1C[C@@H](O)C(CCCOC3CCCCO3)[C@H]1C2. The van der Waals surface area contributed by atoms with Gasteiger partial charge in [0.1, 0.15) is 5.75 Å². The first-order valence-electron chi connectivity index (χ1n) is 9.93. The molecule has 2 aliphatic carbocycles. The predicted molar refractivity (Wildman–Crippen MR) is 95.4 cm³/mol. The molecule has 4 nitrogen and oxygen atoms in total. The second-order valence-electron chi connectivity index (χ2n) is 8.02. The highest BCUT2D eigenvalue weighted by molar-refractivity contribution is 5.42. The minimum absolute atomic E-state index is 0.0143. The van der Waals surface area contributed by atoms with Crippen LogP contribution in [0.5, 0.6) is 5.75 Å². The lowest BCUT2D eigenvalue weighted by Gasteiger charge is -2.31. The van der Waals surface area contributed by atoms with E-state index >= 15 is 0 Å². The van der Waals surface area contributed by atoms with E-state index in [1.54, 1.807) is 6.07 Å². The van der Waals surface area contributed by atoms with Crippen molar-refractivity contribution in [2.75, 3.05) is 13.2 Å². The van der Waals surface area contributed by atoms with Crippen LogP contribution >= 0.6 is 0 Å². The molecule has 0 aromatic heterocycles. The van der Waals surface area contributed by atoms with Crippen LogP contribution in [0.25, 0.3) is 0 Å². The number of hydrogen-bond donors (Lipinski definition) is 2. The number of rotatable bonds is 5. The van der Waals surface area contributed by atoms with E-state index in [1.807, 2.05) is 6.07 Å². The average Bonchev–Trinajstić information content (AvgIpc) is 2.93. The summed E-state index contributed by atoms with van der Waals surface area (Å²) in [5, 5.41) is 20.7. The summed E-state index contributed by atoms with van der Waals surface area (Å²) in [6.07, 6.45) is 7.90. The van der Waals surface area contributed by atoms with Crippen molar-refractivity contribution in [3.63, 3.8) is 0 Å². The Labute approximate surface area is 150 Å². The third-order valence-corrected chi connectivity index (χ3v) is 6.49. The van der Waals surface area contributed by atoms with Gasteiger partial charge in [-0.3, -0.25) is 0 Å². The Bertz CT molecular complexity index is 581. The molecular weight excluding hydrogens is 316 g/mol. The summed E-state index contributed by atoms with van der Waals surface area (Å²) in [7, 11) is 0. The van der Waals surface area contributed by atoms with Crippen LogP contribution in [0.2, 0.25) is 0 Å². The van der Waals surface area contributed by atoms with E-state index in [0.29, 0.717) is 23.5 Å². The number of ether oxygens (including phenoxy) is 2. The summed E-state index contributed by atoms with van der Waals surface area (Å²) < 4.78 is 11.5. The van der Waals surface area contributed by atoms with Gasteiger partial charge in [-0.2, -0.15) is 0 Å². The molecule has 0 amide bonds. The molecule has 1 aliphatic heterocycles. The molecule has 25 heavy (non-hydrogen) atoms. The largest absolute Gasteiger partial charge is 0.508 e. The molecule has 3 aliphatic rings. The molecule has 1 saturated heterocycles. The monoisotopic (exact) mass is 346 g/mol. The zero-order chi connectivity index (χ0) is 17.2. The minimum Gasteiger partial charge on any atom is -0.508 e. The summed E-state index contributed by atoms with van der Waals surface area (Å²) in [5.74, 6) is 1.82. The molecule has 138 valence electrons. The van der Waals surface area contributed by atoms with Crippen molar-refractivity contribution >= 4 is 0 Å². The van der Waals surface area contributed by atoms with Crippen molar-refractivity contribution < 1.29 is 19.7 Å². The minimum atomic E-state index is -0.211. The van der Waals surface area contributed by atoms with Crippen molar-refractivity contribution in [3.8, 4) is 5.75 Å². The Morgan fingerprint density at radius 2 is 2.12 bits per heavy atom. The molecule has 0 bridgehead atoms. The summed E-state index contributed by atoms with van der Waals surface area (Å²) in [4.78, 5) is 0. The van der Waals surface area contributed by atoms with Crippen LogP contribution in [0.3, 0.4) is 0 Å². The maximum absolute atomic E-state index is 10.6. The highest BCUT2D eigenvalue weighted by Crippen LogP contribution is 2.48. The van der Waals surface area contributed by atoms with E-state index in [0.717, 1.165) is 63.7 Å². The predicted octanol–water partition coefficient (Wildman–Crippen LogP) is 3.43. The number of hydrogen-bond acceptors (Lipinski definition) is 4. The molecule has 2 N–H and O–H groups in total. The molecule has 1 saturated carbocycles. The number of aliphatic hydroxyl groups excluding tert-OH is 1. The average molecular weight is 346 g/mol. The second kappa shape index (κ2) is 7.65. The van der Waals surface area contributed by atoms with Gasteiger partial charge in [0.25, 0.3) is 0 Å². The number of phenolic OH excluding ortho intramolecular Hbond substituents is 1. The van der Waals surface area contributed by atoms with Gasteiger partial charge in [0.15, 0.2) is 6.29 Å². The zero-order valence-corrected chi connectivity index (χ0v) is 14.9. The van der Waals surface area contributed by atoms with Crippen LogP contribution in [0.15, 0.2) is 18.2 Å². The third kappa shape index (κ3) is 3.71. The Morgan fingerprint density at radius 3 is 2.96 bits per heavy atom. The van der Waals surface area contributed by atoms with Crippen molar-refractivity contribution in [3.05, 3.63) is 29.3 Å². The fourth-order valence-corrected chi connectivity index (χ4v) is 5.19. The first kappa shape index (κ1) is 17.3. The quantitative estimate of drug-likeness (QED) is 0.802. The van der Waals surface area contributed by atoms with Gasteiger partial charge in [0.05, 0.1) is 6.10 Å². The molecular formula is C21H30O4. The number of aliphatic hydroxyl groups is 1. The van der Waals surface area contributed by atoms with Crippen molar-refractivity contribution in [2.45, 2.75) is 63.8 Å². The second-order valence-corrected chi connectivity index (χ2v) is 8.02. The van der Waals surface area contributed by atoms with E-state index in [1.165, 1.54) is 12.0 Å². The van der Waals surface area contributed by atoms with Crippen LogP contribution in [-0.4, -0.2) is 35.8 Å². The topological polar surface area (TPSA) is 58.9 Å². The van der Waals surface area contributed by atoms with Gasteiger partial charge in [-0.1, -0.05) is 12.1 Å². The van der Waals surface area contributed by atoms with Crippen LogP contribution in [-0.2, 0) is 22.3 Å². The van der Waals surface area contributed by atoms with Gasteiger partial charge in [-0.05, 0) is 86.3 Å². The maximum atomic E-state index is 10.6. The standard InChI is InChI=1S/C21H30O4/c22-19-7-3-5-14-11-17-15(12-18(14)19)13-20(23)16(17)6-4-10-25-21-8-1-2-9-24-21/h3,5,7,15-17,20-23H,1-2,4,6,8-13H2/t15?,16?,17-,20+,21?/m0/s1. The van der Waals surface area contributed by atoms with E-state index < -0.39 is 0 Å². The van der Waals surface area contributed by atoms with Crippen LogP contribution < -0.4 is 0 Å². The zero-order valence-electron chi connectivity index (χ0n) is 14.9. The van der Waals surface area contributed by atoms with E-state index in [4.69, 9.17) is 9.47 Å². The Kier molecular flexibility index (Phi) is 5.30. The van der Waals surface area contributed by atoms with Crippen LogP contribution in [0, 0.1) is 17.8 Å². The molecule has 5 atom stereocenters. The molecule has 1 aromatic rings. The van der Waals surface area contributed by atoms with Crippen LogP contribution in [0.4, 0.5) is 0 Å².